The number of ether oxygens (including phenoxy) is 1. The van der Waals surface area contributed by atoms with Crippen molar-refractivity contribution < 1.29 is 14.3 Å². The van der Waals surface area contributed by atoms with Gasteiger partial charge in [0.15, 0.2) is 5.76 Å². The van der Waals surface area contributed by atoms with Gasteiger partial charge in [0.1, 0.15) is 0 Å². The monoisotopic (exact) mass is 491 g/mol. The minimum Gasteiger partial charge on any atom is -0.406 e. The summed E-state index contributed by atoms with van der Waals surface area (Å²) in [6, 6.07) is 0. The van der Waals surface area contributed by atoms with Gasteiger partial charge in [0, 0.05) is 17.5 Å². The van der Waals surface area contributed by atoms with Crippen LogP contribution in [-0.4, -0.2) is 18.4 Å². The summed E-state index contributed by atoms with van der Waals surface area (Å²) in [6.45, 7) is 19.2. The van der Waals surface area contributed by atoms with E-state index in [1.165, 1.54) is 44.1 Å². The zero-order valence-corrected chi connectivity index (χ0v) is 23.7. The molecule has 5 atom stereocenters. The number of hydrogen-bond acceptors (Lipinski definition) is 3. The number of alkyl carbamates (subject to hydrolysis) is 1. The van der Waals surface area contributed by atoms with Crippen molar-refractivity contribution in [1.29, 1.82) is 0 Å². The predicted molar refractivity (Wildman–Crippen MR) is 144 cm³/mol. The van der Waals surface area contributed by atoms with Crippen LogP contribution in [0.15, 0.2) is 46.3 Å². The van der Waals surface area contributed by atoms with Gasteiger partial charge in [0.25, 0.3) is 0 Å². The molecule has 0 heterocycles. The molecular weight excluding hydrogens is 446 g/mol. The Morgan fingerprint density at radius 3 is 2.39 bits per heavy atom. The molecule has 36 heavy (non-hydrogen) atoms. The third kappa shape index (κ3) is 3.38. The Morgan fingerprint density at radius 2 is 1.69 bits per heavy atom. The predicted octanol–water partition coefficient (Wildman–Crippen LogP) is 7.82. The number of ketones is 1. The lowest BCUT2D eigenvalue weighted by atomic mass is 9.34. The zero-order valence-electron chi connectivity index (χ0n) is 23.7. The second kappa shape index (κ2) is 7.95. The van der Waals surface area contributed by atoms with Crippen LogP contribution in [0.5, 0.6) is 0 Å². The largest absolute Gasteiger partial charge is 0.412 e. The number of nitrogens with one attached hydrogen (secondary N) is 1. The van der Waals surface area contributed by atoms with Crippen molar-refractivity contribution >= 4 is 11.9 Å². The molecule has 3 fully saturated rings. The van der Waals surface area contributed by atoms with E-state index in [1.54, 1.807) is 6.08 Å². The van der Waals surface area contributed by atoms with Gasteiger partial charge in [-0.05, 0) is 104 Å². The molecule has 1 amide bonds. The third-order valence-corrected chi connectivity index (χ3v) is 11.6. The van der Waals surface area contributed by atoms with Gasteiger partial charge in [0.2, 0.25) is 5.78 Å². The second-order valence-corrected chi connectivity index (χ2v) is 14.1. The molecule has 0 saturated heterocycles. The molecule has 196 valence electrons. The molecule has 5 aliphatic rings. The summed E-state index contributed by atoms with van der Waals surface area (Å²) >= 11 is 0. The van der Waals surface area contributed by atoms with E-state index in [0.29, 0.717) is 23.3 Å². The number of amides is 1. The van der Waals surface area contributed by atoms with Crippen LogP contribution in [0.2, 0.25) is 0 Å². The smallest absolute Gasteiger partial charge is 0.406 e. The van der Waals surface area contributed by atoms with Gasteiger partial charge in [-0.15, -0.1) is 0 Å². The average Bonchev–Trinajstić information content (AvgIpc) is 2.80. The lowest BCUT2D eigenvalue weighted by Crippen LogP contribution is -2.61. The van der Waals surface area contributed by atoms with Crippen molar-refractivity contribution in [2.24, 2.45) is 33.0 Å². The number of hydrogen-bond donors (Lipinski definition) is 1. The molecule has 0 aromatic heterocycles. The average molecular weight is 492 g/mol. The van der Waals surface area contributed by atoms with E-state index < -0.39 is 6.09 Å². The minimum absolute atomic E-state index is 0.0962. The van der Waals surface area contributed by atoms with E-state index in [0.717, 1.165) is 23.1 Å². The Bertz CT molecular complexity index is 1150. The van der Waals surface area contributed by atoms with Gasteiger partial charge in [-0.3, -0.25) is 4.79 Å². The van der Waals surface area contributed by atoms with E-state index in [2.05, 4.69) is 59.0 Å². The van der Waals surface area contributed by atoms with Crippen LogP contribution in [-0.2, 0) is 9.53 Å². The second-order valence-electron chi connectivity index (χ2n) is 14.1. The molecular formula is C32H45NO3. The zero-order chi connectivity index (χ0) is 26.3. The van der Waals surface area contributed by atoms with Gasteiger partial charge >= 0.3 is 6.09 Å². The van der Waals surface area contributed by atoms with Crippen molar-refractivity contribution in [2.45, 2.75) is 100 Å². The fourth-order valence-corrected chi connectivity index (χ4v) is 9.01. The van der Waals surface area contributed by atoms with Crippen LogP contribution >= 0.6 is 0 Å². The number of allylic oxidation sites excluding steroid dienone is 7. The summed E-state index contributed by atoms with van der Waals surface area (Å²) in [5.74, 6) is 0.669. The lowest BCUT2D eigenvalue weighted by Gasteiger charge is -2.70. The van der Waals surface area contributed by atoms with E-state index in [1.807, 2.05) is 13.8 Å². The highest BCUT2D eigenvalue weighted by Gasteiger charge is 2.66. The summed E-state index contributed by atoms with van der Waals surface area (Å²) in [4.78, 5) is 25.4. The Kier molecular flexibility index (Phi) is 5.64. The molecule has 0 spiro atoms. The molecule has 0 aromatic rings. The molecule has 0 bridgehead atoms. The molecule has 5 rings (SSSR count). The Morgan fingerprint density at radius 1 is 1.00 bits per heavy atom. The first-order chi connectivity index (χ1) is 16.7. The maximum Gasteiger partial charge on any atom is 0.412 e. The Balaban J connectivity index is 1.58. The maximum atomic E-state index is 13.3. The standard InChI is InChI=1S/C32H45NO3/c1-9-33-27(35)36-26-20(2)21-10-11-24-30(6,22(21)18-23(26)34)15-17-32(8)25-19-28(3,4)12-13-29(25,5)14-16-31(24,32)7/h10-11,18,25H,9,12-17,19H2,1-8H3,(H,33,35)/t25-,29-,30+,31-,32+/m1/s1. The van der Waals surface area contributed by atoms with E-state index in [-0.39, 0.29) is 27.8 Å². The van der Waals surface area contributed by atoms with E-state index in [9.17, 15) is 9.59 Å². The number of rotatable bonds is 2. The summed E-state index contributed by atoms with van der Waals surface area (Å²) in [7, 11) is 0. The van der Waals surface area contributed by atoms with Crippen LogP contribution < -0.4 is 5.32 Å². The fraction of sp³-hybridized carbons (Fsp3) is 0.688. The first-order valence-corrected chi connectivity index (χ1v) is 14.1. The van der Waals surface area contributed by atoms with Crippen molar-refractivity contribution in [1.82, 2.24) is 5.32 Å². The maximum absolute atomic E-state index is 13.3. The summed E-state index contributed by atoms with van der Waals surface area (Å²) in [6.07, 6.45) is 14.5. The van der Waals surface area contributed by atoms with Gasteiger partial charge < -0.3 is 10.1 Å². The van der Waals surface area contributed by atoms with Crippen LogP contribution in [0.3, 0.4) is 0 Å². The summed E-state index contributed by atoms with van der Waals surface area (Å²) in [5.41, 5.74) is 5.44. The molecule has 3 saturated carbocycles. The Labute approximate surface area is 217 Å². The molecule has 4 nitrogen and oxygen atoms in total. The fourth-order valence-electron chi connectivity index (χ4n) is 9.01. The van der Waals surface area contributed by atoms with Gasteiger partial charge in [0.05, 0.1) is 0 Å². The van der Waals surface area contributed by atoms with Crippen molar-refractivity contribution in [3.05, 3.63) is 46.3 Å². The molecule has 5 aliphatic carbocycles. The van der Waals surface area contributed by atoms with Crippen LogP contribution in [0.4, 0.5) is 4.79 Å². The highest BCUT2D eigenvalue weighted by Crippen LogP contribution is 2.75. The molecule has 0 aromatic carbocycles. The van der Waals surface area contributed by atoms with E-state index in [4.69, 9.17) is 4.74 Å². The van der Waals surface area contributed by atoms with Crippen molar-refractivity contribution in [2.75, 3.05) is 6.54 Å². The first kappa shape index (κ1) is 25.5. The topological polar surface area (TPSA) is 55.4 Å². The van der Waals surface area contributed by atoms with Gasteiger partial charge in [-0.2, -0.15) is 0 Å². The van der Waals surface area contributed by atoms with Gasteiger partial charge in [-0.1, -0.05) is 59.3 Å². The lowest BCUT2D eigenvalue weighted by molar-refractivity contribution is -0.159. The van der Waals surface area contributed by atoms with Crippen LogP contribution in [0, 0.1) is 33.0 Å². The SMILES string of the molecule is CCNC(=O)OC1=C(C)C2=CC=C3[C@@](C)(CC[C@@]4(C)[C@@H]5CC(C)(C)CC[C@]5(C)CC[C@]34C)C2=CC1=O. The molecule has 0 radical (unpaired) electrons. The first-order valence-electron chi connectivity index (χ1n) is 14.1. The molecule has 0 aliphatic heterocycles. The highest BCUT2D eigenvalue weighted by molar-refractivity contribution is 6.08. The highest BCUT2D eigenvalue weighted by atomic mass is 16.6. The summed E-state index contributed by atoms with van der Waals surface area (Å²) < 4.78 is 5.46. The van der Waals surface area contributed by atoms with E-state index >= 15 is 0 Å². The molecule has 1 N–H and O–H groups in total. The number of carbonyl (C=O) groups is 2. The third-order valence-electron chi connectivity index (χ3n) is 11.6. The minimum atomic E-state index is -0.572. The van der Waals surface area contributed by atoms with Gasteiger partial charge in [-0.25, -0.2) is 4.79 Å². The Hall–Kier alpha value is -2.10. The molecule has 0 unspecified atom stereocenters. The normalized spacial score (nSPS) is 41.1. The van der Waals surface area contributed by atoms with Crippen LogP contribution in [0.25, 0.3) is 0 Å². The van der Waals surface area contributed by atoms with Crippen LogP contribution in [0.1, 0.15) is 100 Å². The van der Waals surface area contributed by atoms with Crippen molar-refractivity contribution in [3.63, 3.8) is 0 Å². The number of carbonyl (C=O) groups excluding carboxylic acids is 2. The quantitative estimate of drug-likeness (QED) is 0.428. The number of fused-ring (bicyclic) bond motifs is 7. The van der Waals surface area contributed by atoms with Crippen molar-refractivity contribution in [3.8, 4) is 0 Å². The molecule has 4 heteroatoms. The summed E-state index contributed by atoms with van der Waals surface area (Å²) in [5, 5.41) is 2.63.